The Balaban J connectivity index is 1.85. The van der Waals surface area contributed by atoms with Gasteiger partial charge in [0.1, 0.15) is 0 Å². The molecular formula is C15H25N3. The van der Waals surface area contributed by atoms with Crippen molar-refractivity contribution >= 4 is 0 Å². The molecule has 2 unspecified atom stereocenters. The van der Waals surface area contributed by atoms with Crippen LogP contribution in [0.4, 0.5) is 0 Å². The van der Waals surface area contributed by atoms with E-state index in [9.17, 15) is 0 Å². The Hall–Kier alpha value is -0.900. The minimum atomic E-state index is 0.262. The van der Waals surface area contributed by atoms with Crippen molar-refractivity contribution in [3.8, 4) is 0 Å². The number of benzene rings is 1. The minimum Gasteiger partial charge on any atom is -0.326 e. The molecule has 2 rings (SSSR count). The maximum atomic E-state index is 6.38. The topological polar surface area (TPSA) is 32.5 Å². The standard InChI is InChI=1S/C15H25N3/c1-17-10-11-18(2)15(12-17)14(16)9-8-13-6-4-3-5-7-13/h3-7,14-15H,8-12,16H2,1-2H3. The second kappa shape index (κ2) is 6.32. The molecule has 1 aromatic carbocycles. The van der Waals surface area contributed by atoms with Crippen LogP contribution in [0.3, 0.4) is 0 Å². The summed E-state index contributed by atoms with van der Waals surface area (Å²) in [6.07, 6.45) is 2.14. The van der Waals surface area contributed by atoms with E-state index < -0.39 is 0 Å². The van der Waals surface area contributed by atoms with Gasteiger partial charge in [0.15, 0.2) is 0 Å². The molecule has 1 fully saturated rings. The number of hydrogen-bond acceptors (Lipinski definition) is 3. The van der Waals surface area contributed by atoms with Gasteiger partial charge in [0.2, 0.25) is 0 Å². The molecule has 0 spiro atoms. The first-order chi connectivity index (χ1) is 8.66. The van der Waals surface area contributed by atoms with Crippen molar-refractivity contribution in [2.24, 2.45) is 5.73 Å². The summed E-state index contributed by atoms with van der Waals surface area (Å²) in [7, 11) is 4.38. The SMILES string of the molecule is CN1CCN(C)C(C(N)CCc2ccccc2)C1. The Morgan fingerprint density at radius 2 is 1.94 bits per heavy atom. The van der Waals surface area contributed by atoms with Crippen molar-refractivity contribution in [2.75, 3.05) is 33.7 Å². The highest BCUT2D eigenvalue weighted by atomic mass is 15.3. The summed E-state index contributed by atoms with van der Waals surface area (Å²) in [5.41, 5.74) is 7.77. The van der Waals surface area contributed by atoms with Crippen molar-refractivity contribution in [1.82, 2.24) is 9.80 Å². The Kier molecular flexibility index (Phi) is 4.75. The van der Waals surface area contributed by atoms with Crippen LogP contribution in [0.1, 0.15) is 12.0 Å². The van der Waals surface area contributed by atoms with Gasteiger partial charge in [0.05, 0.1) is 0 Å². The molecule has 0 aromatic heterocycles. The van der Waals surface area contributed by atoms with Crippen molar-refractivity contribution < 1.29 is 0 Å². The van der Waals surface area contributed by atoms with E-state index in [4.69, 9.17) is 5.73 Å². The van der Waals surface area contributed by atoms with Gasteiger partial charge in [-0.25, -0.2) is 0 Å². The van der Waals surface area contributed by atoms with Crippen LogP contribution in [-0.4, -0.2) is 55.6 Å². The fraction of sp³-hybridized carbons (Fsp3) is 0.600. The second-order valence-corrected chi connectivity index (χ2v) is 5.50. The summed E-state index contributed by atoms with van der Waals surface area (Å²) >= 11 is 0. The van der Waals surface area contributed by atoms with E-state index in [0.717, 1.165) is 32.5 Å². The largest absolute Gasteiger partial charge is 0.326 e. The molecule has 0 bridgehead atoms. The minimum absolute atomic E-state index is 0.262. The monoisotopic (exact) mass is 247 g/mol. The van der Waals surface area contributed by atoms with E-state index in [1.54, 1.807) is 0 Å². The van der Waals surface area contributed by atoms with Gasteiger partial charge in [0, 0.05) is 31.7 Å². The third-order valence-corrected chi connectivity index (χ3v) is 4.00. The molecule has 3 heteroatoms. The van der Waals surface area contributed by atoms with Crippen LogP contribution < -0.4 is 5.73 Å². The average Bonchev–Trinajstić information content (AvgIpc) is 2.40. The average molecular weight is 247 g/mol. The number of piperazine rings is 1. The van der Waals surface area contributed by atoms with E-state index in [2.05, 4.69) is 54.2 Å². The molecule has 0 aliphatic carbocycles. The number of nitrogens with zero attached hydrogens (tertiary/aromatic N) is 2. The second-order valence-electron chi connectivity index (χ2n) is 5.50. The van der Waals surface area contributed by atoms with Gasteiger partial charge >= 0.3 is 0 Å². The van der Waals surface area contributed by atoms with Crippen molar-refractivity contribution in [2.45, 2.75) is 24.9 Å². The number of nitrogens with two attached hydrogens (primary N) is 1. The lowest BCUT2D eigenvalue weighted by Gasteiger charge is -2.40. The zero-order valence-corrected chi connectivity index (χ0v) is 11.5. The lowest BCUT2D eigenvalue weighted by molar-refractivity contribution is 0.0954. The van der Waals surface area contributed by atoms with E-state index in [1.165, 1.54) is 5.56 Å². The fourth-order valence-corrected chi connectivity index (χ4v) is 2.68. The third kappa shape index (κ3) is 3.55. The highest BCUT2D eigenvalue weighted by Crippen LogP contribution is 2.13. The Labute approximate surface area is 111 Å². The molecule has 0 radical (unpaired) electrons. The summed E-state index contributed by atoms with van der Waals surface area (Å²) in [5, 5.41) is 0. The van der Waals surface area contributed by atoms with Crippen LogP contribution in [0.2, 0.25) is 0 Å². The van der Waals surface area contributed by atoms with Gasteiger partial charge in [-0.1, -0.05) is 30.3 Å². The number of hydrogen-bond donors (Lipinski definition) is 1. The van der Waals surface area contributed by atoms with Crippen LogP contribution in [0.25, 0.3) is 0 Å². The first kappa shape index (κ1) is 13.5. The highest BCUT2D eigenvalue weighted by Gasteiger charge is 2.27. The maximum Gasteiger partial charge on any atom is 0.0371 e. The number of aryl methyl sites for hydroxylation is 1. The zero-order valence-electron chi connectivity index (χ0n) is 11.5. The van der Waals surface area contributed by atoms with Crippen LogP contribution >= 0.6 is 0 Å². The summed E-state index contributed by atoms with van der Waals surface area (Å²) in [6, 6.07) is 11.4. The lowest BCUT2D eigenvalue weighted by Crippen LogP contribution is -2.57. The first-order valence-corrected chi connectivity index (χ1v) is 6.85. The van der Waals surface area contributed by atoms with Gasteiger partial charge in [-0.05, 0) is 32.5 Å². The lowest BCUT2D eigenvalue weighted by atomic mass is 9.98. The quantitative estimate of drug-likeness (QED) is 0.867. The molecule has 1 aromatic rings. The number of likely N-dealkylation sites (N-methyl/N-ethyl adjacent to an activating group) is 2. The molecule has 1 aliphatic heterocycles. The molecule has 0 saturated carbocycles. The normalized spacial score (nSPS) is 24.1. The van der Waals surface area contributed by atoms with Gasteiger partial charge in [-0.2, -0.15) is 0 Å². The first-order valence-electron chi connectivity index (χ1n) is 6.85. The van der Waals surface area contributed by atoms with Crippen LogP contribution in [0.15, 0.2) is 30.3 Å². The molecular weight excluding hydrogens is 222 g/mol. The molecule has 100 valence electrons. The van der Waals surface area contributed by atoms with Crippen molar-refractivity contribution in [3.05, 3.63) is 35.9 Å². The Morgan fingerprint density at radius 1 is 1.22 bits per heavy atom. The zero-order chi connectivity index (χ0) is 13.0. The summed E-state index contributed by atoms with van der Waals surface area (Å²) in [5.74, 6) is 0. The predicted molar refractivity (Wildman–Crippen MR) is 76.7 cm³/mol. The third-order valence-electron chi connectivity index (χ3n) is 4.00. The summed E-state index contributed by atoms with van der Waals surface area (Å²) in [6.45, 7) is 3.37. The van der Waals surface area contributed by atoms with E-state index in [-0.39, 0.29) is 6.04 Å². The fourth-order valence-electron chi connectivity index (χ4n) is 2.68. The molecule has 18 heavy (non-hydrogen) atoms. The smallest absolute Gasteiger partial charge is 0.0371 e. The number of rotatable bonds is 4. The van der Waals surface area contributed by atoms with E-state index >= 15 is 0 Å². The molecule has 1 aliphatic rings. The van der Waals surface area contributed by atoms with Gasteiger partial charge < -0.3 is 10.6 Å². The predicted octanol–water partition coefficient (Wildman–Crippen LogP) is 1.19. The maximum absolute atomic E-state index is 6.38. The van der Waals surface area contributed by atoms with Crippen LogP contribution in [-0.2, 0) is 6.42 Å². The van der Waals surface area contributed by atoms with E-state index in [0.29, 0.717) is 6.04 Å². The summed E-state index contributed by atoms with van der Waals surface area (Å²) < 4.78 is 0. The molecule has 3 nitrogen and oxygen atoms in total. The molecule has 0 amide bonds. The van der Waals surface area contributed by atoms with Gasteiger partial charge in [0.25, 0.3) is 0 Å². The van der Waals surface area contributed by atoms with Gasteiger partial charge in [-0.15, -0.1) is 0 Å². The van der Waals surface area contributed by atoms with Crippen molar-refractivity contribution in [1.29, 1.82) is 0 Å². The summed E-state index contributed by atoms with van der Waals surface area (Å²) in [4.78, 5) is 4.79. The molecule has 2 N–H and O–H groups in total. The highest BCUT2D eigenvalue weighted by molar-refractivity contribution is 5.14. The molecule has 1 saturated heterocycles. The molecule has 2 atom stereocenters. The van der Waals surface area contributed by atoms with Crippen molar-refractivity contribution in [3.63, 3.8) is 0 Å². The van der Waals surface area contributed by atoms with Crippen LogP contribution in [0.5, 0.6) is 0 Å². The molecule has 1 heterocycles. The van der Waals surface area contributed by atoms with Crippen LogP contribution in [0, 0.1) is 0 Å². The van der Waals surface area contributed by atoms with Gasteiger partial charge in [-0.3, -0.25) is 4.90 Å². The Morgan fingerprint density at radius 3 is 2.67 bits per heavy atom. The Bertz CT molecular complexity index is 352. The van der Waals surface area contributed by atoms with E-state index in [1.807, 2.05) is 0 Å².